The van der Waals surface area contributed by atoms with Crippen LogP contribution in [0, 0.1) is 0 Å². The second-order valence-corrected chi connectivity index (χ2v) is 2.62. The Morgan fingerprint density at radius 2 is 2.30 bits per heavy atom. The maximum absolute atomic E-state index is 12.5. The Morgan fingerprint density at radius 3 is 2.80 bits per heavy atom. The number of aliphatic hydroxyl groups excluding tert-OH is 1. The minimum atomic E-state index is -1.33. The van der Waals surface area contributed by atoms with E-state index in [2.05, 4.69) is 0 Å². The van der Waals surface area contributed by atoms with Gasteiger partial charge in [-0.2, -0.15) is 0 Å². The van der Waals surface area contributed by atoms with Crippen molar-refractivity contribution in [1.29, 1.82) is 0 Å². The maximum atomic E-state index is 12.5. The van der Waals surface area contributed by atoms with Gasteiger partial charge in [0.25, 0.3) is 0 Å². The fraction of sp³-hybridized carbons (Fsp3) is 1.00. The molecule has 0 aromatic heterocycles. The van der Waals surface area contributed by atoms with E-state index in [9.17, 15) is 4.39 Å². The van der Waals surface area contributed by atoms with E-state index in [1.165, 1.54) is 0 Å². The molecule has 4 heteroatoms. The van der Waals surface area contributed by atoms with Crippen molar-refractivity contribution in [3.8, 4) is 0 Å². The molecule has 0 radical (unpaired) electrons. The zero-order valence-electron chi connectivity index (χ0n) is 5.83. The lowest BCUT2D eigenvalue weighted by molar-refractivity contribution is -0.0994. The molecule has 1 fully saturated rings. The number of rotatable bonds is 0. The Labute approximate surface area is 59.0 Å². The lowest BCUT2D eigenvalue weighted by Crippen LogP contribution is -2.54. The van der Waals surface area contributed by atoms with Crippen LogP contribution >= 0.6 is 0 Å². The molecule has 1 aliphatic heterocycles. The van der Waals surface area contributed by atoms with Crippen molar-refractivity contribution < 1.29 is 14.2 Å². The lowest BCUT2D eigenvalue weighted by Gasteiger charge is -2.32. The molecule has 4 atom stereocenters. The third-order valence-corrected chi connectivity index (χ3v) is 1.83. The van der Waals surface area contributed by atoms with Gasteiger partial charge in [-0.3, -0.25) is 0 Å². The van der Waals surface area contributed by atoms with Crippen molar-refractivity contribution >= 4 is 0 Å². The fourth-order valence-electron chi connectivity index (χ4n) is 0.972. The van der Waals surface area contributed by atoms with E-state index in [4.69, 9.17) is 15.6 Å². The molecule has 1 rings (SSSR count). The van der Waals surface area contributed by atoms with E-state index in [1.807, 2.05) is 0 Å². The van der Waals surface area contributed by atoms with Gasteiger partial charge in [-0.15, -0.1) is 0 Å². The zero-order chi connectivity index (χ0) is 7.72. The van der Waals surface area contributed by atoms with Crippen LogP contribution in [0.3, 0.4) is 0 Å². The summed E-state index contributed by atoms with van der Waals surface area (Å²) in [7, 11) is 0. The molecular weight excluding hydrogens is 137 g/mol. The molecule has 10 heavy (non-hydrogen) atoms. The molecule has 0 aromatic rings. The number of alkyl halides is 1. The van der Waals surface area contributed by atoms with E-state index in [0.717, 1.165) is 0 Å². The van der Waals surface area contributed by atoms with Crippen molar-refractivity contribution in [3.63, 3.8) is 0 Å². The average molecular weight is 149 g/mol. The molecule has 0 aromatic carbocycles. The Kier molecular flexibility index (Phi) is 2.23. The van der Waals surface area contributed by atoms with Gasteiger partial charge in [0.05, 0.1) is 18.8 Å². The maximum Gasteiger partial charge on any atom is 0.151 e. The quantitative estimate of drug-likeness (QED) is 0.485. The molecule has 0 aliphatic carbocycles. The summed E-state index contributed by atoms with van der Waals surface area (Å²) in [5.41, 5.74) is 5.40. The number of nitrogens with two attached hydrogens (primary N) is 1. The number of halogens is 1. The predicted molar refractivity (Wildman–Crippen MR) is 34.3 cm³/mol. The molecule has 3 N–H and O–H groups in total. The van der Waals surface area contributed by atoms with Crippen LogP contribution in [-0.2, 0) is 4.74 Å². The summed E-state index contributed by atoms with van der Waals surface area (Å²) in [6.45, 7) is 1.68. The Hall–Kier alpha value is -0.190. The normalized spacial score (nSPS) is 49.2. The van der Waals surface area contributed by atoms with Gasteiger partial charge in [0.1, 0.15) is 6.10 Å². The van der Waals surface area contributed by atoms with Crippen LogP contribution in [0.25, 0.3) is 0 Å². The van der Waals surface area contributed by atoms with Crippen molar-refractivity contribution in [2.45, 2.75) is 31.3 Å². The molecular formula is C6H12FNO2. The van der Waals surface area contributed by atoms with Crippen LogP contribution in [0.4, 0.5) is 4.39 Å². The molecule has 1 aliphatic rings. The van der Waals surface area contributed by atoms with E-state index >= 15 is 0 Å². The van der Waals surface area contributed by atoms with Gasteiger partial charge in [-0.05, 0) is 6.92 Å². The SMILES string of the molecule is C[C@H]1OC[C@@H](F)[C@@H](O)[C@@H]1N. The standard InChI is InChI=1S/C6H12FNO2/c1-3-5(8)6(9)4(7)2-10-3/h3-6,9H,2,8H2,1H3/t3-,4-,5-,6-/m1/s1. The first-order valence-electron chi connectivity index (χ1n) is 3.32. The van der Waals surface area contributed by atoms with E-state index in [1.54, 1.807) is 6.92 Å². The van der Waals surface area contributed by atoms with Gasteiger partial charge in [0.15, 0.2) is 6.17 Å². The van der Waals surface area contributed by atoms with Crippen molar-refractivity contribution in [1.82, 2.24) is 0 Å². The highest BCUT2D eigenvalue weighted by Crippen LogP contribution is 2.15. The summed E-state index contributed by atoms with van der Waals surface area (Å²) in [5, 5.41) is 9.04. The molecule has 0 unspecified atom stereocenters. The summed E-state index contributed by atoms with van der Waals surface area (Å²) in [5.74, 6) is 0. The third kappa shape index (κ3) is 1.28. The highest BCUT2D eigenvalue weighted by Gasteiger charge is 2.34. The first-order chi connectivity index (χ1) is 4.63. The van der Waals surface area contributed by atoms with E-state index in [-0.39, 0.29) is 12.7 Å². The van der Waals surface area contributed by atoms with Crippen LogP contribution in [0.5, 0.6) is 0 Å². The summed E-state index contributed by atoms with van der Waals surface area (Å²) >= 11 is 0. The van der Waals surface area contributed by atoms with Crippen LogP contribution in [0.15, 0.2) is 0 Å². The minimum absolute atomic E-state index is 0.0456. The van der Waals surface area contributed by atoms with Gasteiger partial charge in [-0.25, -0.2) is 4.39 Å². The Balaban J connectivity index is 2.52. The molecule has 0 spiro atoms. The first kappa shape index (κ1) is 7.91. The number of aliphatic hydroxyl groups is 1. The molecule has 60 valence electrons. The summed E-state index contributed by atoms with van der Waals surface area (Å²) in [6.07, 6.45) is -2.64. The number of hydrogen-bond acceptors (Lipinski definition) is 3. The average Bonchev–Trinajstić information content (AvgIpc) is 1.93. The summed E-state index contributed by atoms with van der Waals surface area (Å²) in [6, 6.07) is -0.594. The Morgan fingerprint density at radius 1 is 1.70 bits per heavy atom. The van der Waals surface area contributed by atoms with Crippen molar-refractivity contribution in [2.75, 3.05) is 6.61 Å². The zero-order valence-corrected chi connectivity index (χ0v) is 5.83. The monoisotopic (exact) mass is 149 g/mol. The second kappa shape index (κ2) is 2.82. The summed E-state index contributed by atoms with van der Waals surface area (Å²) in [4.78, 5) is 0. The smallest absolute Gasteiger partial charge is 0.151 e. The van der Waals surface area contributed by atoms with Gasteiger partial charge < -0.3 is 15.6 Å². The number of ether oxygens (including phenoxy) is 1. The molecule has 1 saturated heterocycles. The molecule has 0 bridgehead atoms. The predicted octanol–water partition coefficient (Wildman–Crippen LogP) is -0.569. The second-order valence-electron chi connectivity index (χ2n) is 2.62. The Bertz CT molecular complexity index is 108. The molecule has 3 nitrogen and oxygen atoms in total. The van der Waals surface area contributed by atoms with Gasteiger partial charge in [0, 0.05) is 0 Å². The van der Waals surface area contributed by atoms with Gasteiger partial charge in [0.2, 0.25) is 0 Å². The topological polar surface area (TPSA) is 55.5 Å². The van der Waals surface area contributed by atoms with Crippen molar-refractivity contribution in [2.24, 2.45) is 5.73 Å². The van der Waals surface area contributed by atoms with Crippen LogP contribution in [0.1, 0.15) is 6.92 Å². The summed E-state index contributed by atoms with van der Waals surface area (Å²) < 4.78 is 17.5. The lowest BCUT2D eigenvalue weighted by atomic mass is 10.0. The largest absolute Gasteiger partial charge is 0.388 e. The number of hydrogen-bond donors (Lipinski definition) is 2. The third-order valence-electron chi connectivity index (χ3n) is 1.83. The van der Waals surface area contributed by atoms with Gasteiger partial charge in [-0.1, -0.05) is 0 Å². The molecule has 0 amide bonds. The van der Waals surface area contributed by atoms with E-state index < -0.39 is 18.3 Å². The van der Waals surface area contributed by atoms with Crippen LogP contribution < -0.4 is 5.73 Å². The minimum Gasteiger partial charge on any atom is -0.388 e. The molecule has 0 saturated carbocycles. The fourth-order valence-corrected chi connectivity index (χ4v) is 0.972. The van der Waals surface area contributed by atoms with Gasteiger partial charge >= 0.3 is 0 Å². The first-order valence-corrected chi connectivity index (χ1v) is 3.32. The highest BCUT2D eigenvalue weighted by molar-refractivity contribution is 4.87. The van der Waals surface area contributed by atoms with Crippen LogP contribution in [-0.4, -0.2) is 36.1 Å². The van der Waals surface area contributed by atoms with E-state index in [0.29, 0.717) is 0 Å². The van der Waals surface area contributed by atoms with Crippen molar-refractivity contribution in [3.05, 3.63) is 0 Å². The molecule has 1 heterocycles. The highest BCUT2D eigenvalue weighted by atomic mass is 19.1. The van der Waals surface area contributed by atoms with Crippen LogP contribution in [0.2, 0.25) is 0 Å².